The predicted octanol–water partition coefficient (Wildman–Crippen LogP) is 15.5. The van der Waals surface area contributed by atoms with E-state index in [-0.39, 0.29) is 44.1 Å². The second-order valence-electron chi connectivity index (χ2n) is 19.4. The van der Waals surface area contributed by atoms with Crippen LogP contribution in [-0.2, 0) is 32.9 Å². The van der Waals surface area contributed by atoms with Gasteiger partial charge in [0.05, 0.1) is 23.6 Å². The molecule has 11 aromatic rings. The van der Waals surface area contributed by atoms with Crippen LogP contribution in [0.15, 0.2) is 182 Å². The molecule has 3 aromatic heterocycles. The molecule has 0 N–H and O–H groups in total. The first-order chi connectivity index (χ1) is 35.8. The van der Waals surface area contributed by atoms with Crippen molar-refractivity contribution in [1.82, 2.24) is 14.1 Å². The van der Waals surface area contributed by atoms with Gasteiger partial charge in [0, 0.05) is 47.0 Å². The van der Waals surface area contributed by atoms with Crippen LogP contribution in [0.3, 0.4) is 0 Å². The molecule has 340 valence electrons. The number of hydrogen-bond donors (Lipinski definition) is 0. The third kappa shape index (κ3) is 7.80. The fraction of sp³-hybridized carbons (Fsp3) is 0.143. The zero-order chi connectivity index (χ0) is 52.5. The minimum Gasteiger partial charge on any atom is -0.510 e. The van der Waals surface area contributed by atoms with Crippen LogP contribution in [0.5, 0.6) is 11.5 Å². The Kier molecular flexibility index (Phi) is 9.04. The summed E-state index contributed by atoms with van der Waals surface area (Å²) in [5.74, 6) is 1.69. The summed E-state index contributed by atoms with van der Waals surface area (Å²) in [7, 11) is 0. The summed E-state index contributed by atoms with van der Waals surface area (Å²) >= 11 is 0. The molecule has 0 fully saturated rings. The van der Waals surface area contributed by atoms with E-state index in [1.165, 1.54) is 0 Å². The Hall–Kier alpha value is -7.33. The van der Waals surface area contributed by atoms with Crippen LogP contribution >= 0.6 is 0 Å². The van der Waals surface area contributed by atoms with Gasteiger partial charge in [-0.3, -0.25) is 4.57 Å². The summed E-state index contributed by atoms with van der Waals surface area (Å²) in [4.78, 5) is 4.85. The van der Waals surface area contributed by atoms with Crippen molar-refractivity contribution >= 4 is 32.8 Å². The number of fused-ring (bicyclic) bond motifs is 10. The topological polar surface area (TPSA) is 35.9 Å². The summed E-state index contributed by atoms with van der Waals surface area (Å²) in [6, 6.07) is 52.7. The molecule has 0 radical (unpaired) electrons. The average Bonchev–Trinajstić information content (AvgIpc) is 4.07. The first kappa shape index (κ1) is 36.7. The van der Waals surface area contributed by atoms with Crippen LogP contribution in [0.1, 0.15) is 62.3 Å². The van der Waals surface area contributed by atoms with Crippen molar-refractivity contribution in [1.29, 1.82) is 0 Å². The number of nitrogens with zero attached hydrogens (tertiary/aromatic N) is 4. The first-order valence-electron chi connectivity index (χ1n) is 26.4. The van der Waals surface area contributed by atoms with Crippen molar-refractivity contribution < 1.29 is 40.0 Å². The van der Waals surface area contributed by atoms with E-state index in [1.807, 2.05) is 127 Å². The number of rotatable bonds is 6. The Bertz CT molecular complexity index is 4160. The van der Waals surface area contributed by atoms with Crippen molar-refractivity contribution in [2.75, 3.05) is 0 Å². The minimum absolute atomic E-state index is 0. The molecular weight excluding hydrogens is 1020 g/mol. The van der Waals surface area contributed by atoms with Crippen LogP contribution < -0.4 is 9.30 Å². The van der Waals surface area contributed by atoms with Gasteiger partial charge in [-0.05, 0) is 102 Å². The standard InChI is InChI=1S/C63H50N4O.Pt/c1-62(2,3)39-41-29-31-50-48-21-10-11-22-49(48)53-26-16-28-57-61(53)66(60-47(42-17-8-7-9-18-42)24-15-25-54(60)55(50)35-41)40-65(57)44-19-14-20-45(37-44)68-46-30-32-52-51-23-12-13-27-56(51)67(58(52)38-46)59-36-43(33-34-64-59)63(4,5)6;/h7-36H,39H2,1-6H3;/q-2;/i7D,8D,9D,17D,18D,39D2;. The van der Waals surface area contributed by atoms with Gasteiger partial charge >= 0.3 is 0 Å². The Morgan fingerprint density at radius 3 is 2.12 bits per heavy atom. The summed E-state index contributed by atoms with van der Waals surface area (Å²) in [5.41, 5.74) is 10.5. The molecule has 12 rings (SSSR count). The smallest absolute Gasteiger partial charge is 0.268 e. The van der Waals surface area contributed by atoms with Gasteiger partial charge in [-0.25, -0.2) is 4.98 Å². The van der Waals surface area contributed by atoms with Crippen LogP contribution in [0.25, 0.3) is 94.5 Å². The molecule has 0 atom stereocenters. The van der Waals surface area contributed by atoms with E-state index in [4.69, 9.17) is 13.8 Å². The number of ether oxygens (including phenoxy) is 1. The van der Waals surface area contributed by atoms with Crippen molar-refractivity contribution in [3.8, 4) is 73.2 Å². The molecule has 1 aliphatic heterocycles. The van der Waals surface area contributed by atoms with Gasteiger partial charge < -0.3 is 13.9 Å². The molecule has 0 amide bonds. The molecule has 0 spiro atoms. The molecule has 0 saturated carbocycles. The molecule has 0 saturated heterocycles. The average molecular weight is 1080 g/mol. The van der Waals surface area contributed by atoms with Gasteiger partial charge in [0.1, 0.15) is 5.82 Å². The summed E-state index contributed by atoms with van der Waals surface area (Å²) in [6.07, 6.45) is 3.79. The SMILES string of the molecule is [2H]c1c([2H])c([2H])c(-c2cccc3c2-[n+]2[c-]n(-c4[c-]c(Oc5[c-]c6c(cc5)c5ccccc5n6-c5cc(C(C)(C)C)ccn5)ccc4)c4cccc(c42)-c2ccccc2-c2ccc(C([2H])([2H])C(C)(C)C)cc2-3)c([2H])c1[2H].[Pt]. The molecule has 69 heavy (non-hydrogen) atoms. The van der Waals surface area contributed by atoms with Gasteiger partial charge in [-0.15, -0.1) is 29.7 Å². The van der Waals surface area contributed by atoms with Crippen molar-refractivity contribution in [3.05, 3.63) is 212 Å². The Morgan fingerprint density at radius 1 is 0.623 bits per heavy atom. The van der Waals surface area contributed by atoms with Gasteiger partial charge in [-0.2, -0.15) is 18.2 Å². The molecule has 0 unspecified atom stereocenters. The summed E-state index contributed by atoms with van der Waals surface area (Å²) in [6.45, 7) is 12.2. The van der Waals surface area contributed by atoms with Crippen molar-refractivity contribution in [2.45, 2.75) is 53.3 Å². The Labute approximate surface area is 428 Å². The van der Waals surface area contributed by atoms with Gasteiger partial charge in [0.15, 0.2) is 0 Å². The van der Waals surface area contributed by atoms with E-state index in [2.05, 4.69) is 92.3 Å². The van der Waals surface area contributed by atoms with Crippen LogP contribution in [0.4, 0.5) is 0 Å². The molecule has 0 bridgehead atoms. The monoisotopic (exact) mass is 1080 g/mol. The normalized spacial score (nSPS) is 13.8. The summed E-state index contributed by atoms with van der Waals surface area (Å²) < 4.78 is 76.3. The largest absolute Gasteiger partial charge is 0.510 e. The molecule has 4 heterocycles. The van der Waals surface area contributed by atoms with E-state index >= 15 is 0 Å². The van der Waals surface area contributed by atoms with E-state index in [0.717, 1.165) is 66.5 Å². The van der Waals surface area contributed by atoms with E-state index in [0.29, 0.717) is 45.1 Å². The third-order valence-electron chi connectivity index (χ3n) is 12.7. The Balaban J connectivity index is 0.00000616. The number of hydrogen-bond acceptors (Lipinski definition) is 2. The van der Waals surface area contributed by atoms with Gasteiger partial charge in [-0.1, -0.05) is 174 Å². The molecule has 1 aliphatic rings. The zero-order valence-electron chi connectivity index (χ0n) is 45.9. The summed E-state index contributed by atoms with van der Waals surface area (Å²) in [5, 5.41) is 2.08. The maximum Gasteiger partial charge on any atom is 0.268 e. The molecule has 6 heteroatoms. The fourth-order valence-electron chi connectivity index (χ4n) is 9.69. The first-order valence-corrected chi connectivity index (χ1v) is 22.9. The quantitative estimate of drug-likeness (QED) is 0.123. The molecule has 0 aliphatic carbocycles. The van der Waals surface area contributed by atoms with Crippen molar-refractivity contribution in [3.63, 3.8) is 0 Å². The van der Waals surface area contributed by atoms with Gasteiger partial charge in [0.2, 0.25) is 0 Å². The zero-order valence-corrected chi connectivity index (χ0v) is 41.2. The maximum atomic E-state index is 9.44. The number of imidazole rings is 1. The van der Waals surface area contributed by atoms with Crippen LogP contribution in [0.2, 0.25) is 0 Å². The second-order valence-corrected chi connectivity index (χ2v) is 19.4. The van der Waals surface area contributed by atoms with Crippen LogP contribution in [-0.4, -0.2) is 14.1 Å². The van der Waals surface area contributed by atoms with Gasteiger partial charge in [0.25, 0.3) is 6.33 Å². The van der Waals surface area contributed by atoms with Crippen molar-refractivity contribution in [2.24, 2.45) is 5.41 Å². The fourth-order valence-corrected chi connectivity index (χ4v) is 9.69. The third-order valence-corrected chi connectivity index (χ3v) is 12.7. The number of para-hydroxylation sites is 3. The number of aromatic nitrogens is 4. The van der Waals surface area contributed by atoms with E-state index < -0.39 is 29.9 Å². The predicted molar refractivity (Wildman–Crippen MR) is 277 cm³/mol. The van der Waals surface area contributed by atoms with E-state index in [1.54, 1.807) is 6.07 Å². The molecule has 8 aromatic carbocycles. The number of benzene rings is 8. The van der Waals surface area contributed by atoms with Crippen LogP contribution in [0, 0.1) is 23.9 Å². The van der Waals surface area contributed by atoms with E-state index in [9.17, 15) is 5.48 Å². The molecule has 5 nitrogen and oxygen atoms in total. The number of pyridine rings is 1. The minimum atomic E-state index is -1.76. The molecular formula is C63H50N4OPt-2. The Morgan fingerprint density at radius 2 is 1.30 bits per heavy atom. The second kappa shape index (κ2) is 17.0. The maximum absolute atomic E-state index is 9.44.